The van der Waals surface area contributed by atoms with Gasteiger partial charge < -0.3 is 48.3 Å². The van der Waals surface area contributed by atoms with Gasteiger partial charge in [0.1, 0.15) is 18.1 Å². The molecule has 15 nitrogen and oxygen atoms in total. The molecular weight excluding hydrogens is 536 g/mol. The largest absolute Gasteiger partial charge is 0.481 e. The van der Waals surface area contributed by atoms with Gasteiger partial charge in [-0.2, -0.15) is 0 Å². The number of rotatable bonds is 16. The standard InChI is InChI=1S/C26H38N8O7/c1-13(2)21(25(40)41)34-24(39)18(10-14-12-31-17-8-4-3-6-15(14)17)33-23(38)19(11-20(35)36)32-22(37)16(27)7-5-9-30-26(28)29/h3-4,6,8,12-13,16,18-19,21,31H,5,7,9-11,27H2,1-2H3,(H,32,37)(H,33,38)(H,34,39)(H,35,36)(H,40,41)(H4,28,29,30). The molecule has 0 aliphatic carbocycles. The van der Waals surface area contributed by atoms with E-state index in [-0.39, 0.29) is 25.3 Å². The lowest BCUT2D eigenvalue weighted by Gasteiger charge is -2.25. The Kier molecular flexibility index (Phi) is 12.1. The normalized spacial score (nSPS) is 14.0. The molecule has 1 aromatic carbocycles. The molecule has 0 spiro atoms. The third-order valence-corrected chi connectivity index (χ3v) is 6.28. The predicted octanol–water partition coefficient (Wildman–Crippen LogP) is -1.24. The summed E-state index contributed by atoms with van der Waals surface area (Å²) in [7, 11) is 0. The number of carboxylic acids is 2. The number of benzene rings is 1. The van der Waals surface area contributed by atoms with Crippen molar-refractivity contribution in [2.75, 3.05) is 6.54 Å². The zero-order chi connectivity index (χ0) is 30.7. The number of carboxylic acid groups (broad SMARTS) is 2. The number of nitrogens with zero attached hydrogens (tertiary/aromatic N) is 1. The fourth-order valence-electron chi connectivity index (χ4n) is 4.08. The molecule has 3 amide bonds. The van der Waals surface area contributed by atoms with Gasteiger partial charge in [-0.05, 0) is 30.4 Å². The van der Waals surface area contributed by atoms with E-state index < -0.39 is 66.2 Å². The lowest BCUT2D eigenvalue weighted by Crippen LogP contribution is -2.58. The zero-order valence-corrected chi connectivity index (χ0v) is 22.9. The molecule has 0 saturated carbocycles. The molecule has 41 heavy (non-hydrogen) atoms. The molecular formula is C26H38N8O7. The number of aliphatic carboxylic acids is 2. The van der Waals surface area contributed by atoms with Gasteiger partial charge in [-0.1, -0.05) is 32.0 Å². The fraction of sp³-hybridized carbons (Fsp3) is 0.462. The smallest absolute Gasteiger partial charge is 0.326 e. The SMILES string of the molecule is CC(C)C(NC(=O)C(Cc1c[nH]c2ccccc12)NC(=O)C(CC(=O)O)NC(=O)C(N)CCCN=C(N)N)C(=O)O. The van der Waals surface area contributed by atoms with Crippen LogP contribution in [0, 0.1) is 5.92 Å². The minimum atomic E-state index is -1.57. The van der Waals surface area contributed by atoms with Crippen molar-refractivity contribution in [3.05, 3.63) is 36.0 Å². The number of aromatic nitrogens is 1. The summed E-state index contributed by atoms with van der Waals surface area (Å²) in [5.41, 5.74) is 17.8. The molecule has 2 rings (SSSR count). The van der Waals surface area contributed by atoms with E-state index in [9.17, 15) is 34.2 Å². The van der Waals surface area contributed by atoms with Crippen LogP contribution >= 0.6 is 0 Å². The summed E-state index contributed by atoms with van der Waals surface area (Å²) in [4.78, 5) is 69.2. The number of amides is 3. The molecule has 0 aliphatic rings. The van der Waals surface area contributed by atoms with Crippen LogP contribution in [0.25, 0.3) is 10.9 Å². The van der Waals surface area contributed by atoms with Gasteiger partial charge in [0.15, 0.2) is 5.96 Å². The van der Waals surface area contributed by atoms with Crippen LogP contribution in [0.2, 0.25) is 0 Å². The highest BCUT2D eigenvalue weighted by Crippen LogP contribution is 2.19. The van der Waals surface area contributed by atoms with Gasteiger partial charge in [0.25, 0.3) is 0 Å². The number of nitrogens with two attached hydrogens (primary N) is 3. The second-order valence-corrected chi connectivity index (χ2v) is 9.91. The molecule has 0 bridgehead atoms. The lowest BCUT2D eigenvalue weighted by molar-refractivity contribution is -0.144. The van der Waals surface area contributed by atoms with Crippen LogP contribution in [0.15, 0.2) is 35.5 Å². The van der Waals surface area contributed by atoms with E-state index >= 15 is 0 Å². The molecule has 0 saturated heterocycles. The molecule has 12 N–H and O–H groups in total. The number of fused-ring (bicyclic) bond motifs is 1. The van der Waals surface area contributed by atoms with Gasteiger partial charge >= 0.3 is 11.9 Å². The monoisotopic (exact) mass is 574 g/mol. The van der Waals surface area contributed by atoms with Gasteiger partial charge in [0, 0.05) is 30.1 Å². The van der Waals surface area contributed by atoms with Crippen molar-refractivity contribution in [1.82, 2.24) is 20.9 Å². The van der Waals surface area contributed by atoms with Gasteiger partial charge in [-0.3, -0.25) is 24.2 Å². The van der Waals surface area contributed by atoms with Crippen molar-refractivity contribution in [2.24, 2.45) is 28.1 Å². The van der Waals surface area contributed by atoms with E-state index in [1.807, 2.05) is 18.2 Å². The van der Waals surface area contributed by atoms with Crippen molar-refractivity contribution >= 4 is 46.5 Å². The topological polar surface area (TPSA) is 268 Å². The Labute approximate surface area is 236 Å². The predicted molar refractivity (Wildman–Crippen MR) is 150 cm³/mol. The first-order valence-corrected chi connectivity index (χ1v) is 13.0. The Balaban J connectivity index is 2.25. The molecule has 1 heterocycles. The van der Waals surface area contributed by atoms with Crippen LogP contribution in [-0.2, 0) is 30.4 Å². The number of hydrogen-bond acceptors (Lipinski definition) is 7. The summed E-state index contributed by atoms with van der Waals surface area (Å²) in [5.74, 6) is -5.74. The van der Waals surface area contributed by atoms with Crippen LogP contribution in [0.4, 0.5) is 0 Å². The second kappa shape index (κ2) is 15.2. The maximum atomic E-state index is 13.3. The maximum Gasteiger partial charge on any atom is 0.326 e. The summed E-state index contributed by atoms with van der Waals surface area (Å²) in [6, 6.07) is 2.06. The van der Waals surface area contributed by atoms with Crippen molar-refractivity contribution in [3.63, 3.8) is 0 Å². The Hall–Kier alpha value is -4.66. The third kappa shape index (κ3) is 10.1. The summed E-state index contributed by atoms with van der Waals surface area (Å²) >= 11 is 0. The van der Waals surface area contributed by atoms with Crippen molar-refractivity contribution in [2.45, 2.75) is 63.7 Å². The van der Waals surface area contributed by atoms with E-state index in [0.717, 1.165) is 10.9 Å². The van der Waals surface area contributed by atoms with Crippen molar-refractivity contribution in [3.8, 4) is 0 Å². The van der Waals surface area contributed by atoms with Gasteiger partial charge in [0.2, 0.25) is 17.7 Å². The molecule has 4 unspecified atom stereocenters. The highest BCUT2D eigenvalue weighted by atomic mass is 16.4. The Morgan fingerprint density at radius 3 is 2.20 bits per heavy atom. The van der Waals surface area contributed by atoms with E-state index in [1.54, 1.807) is 26.1 Å². The Morgan fingerprint density at radius 1 is 0.951 bits per heavy atom. The number of guanidine groups is 1. The maximum absolute atomic E-state index is 13.3. The molecule has 2 aromatic rings. The van der Waals surface area contributed by atoms with Crippen LogP contribution in [0.5, 0.6) is 0 Å². The van der Waals surface area contributed by atoms with Crippen molar-refractivity contribution in [1.29, 1.82) is 0 Å². The van der Waals surface area contributed by atoms with E-state index in [4.69, 9.17) is 17.2 Å². The first kappa shape index (κ1) is 32.6. The van der Waals surface area contributed by atoms with Crippen LogP contribution in [-0.4, -0.2) is 81.5 Å². The highest BCUT2D eigenvalue weighted by Gasteiger charge is 2.32. The molecule has 1 aromatic heterocycles. The van der Waals surface area contributed by atoms with E-state index in [2.05, 4.69) is 25.9 Å². The van der Waals surface area contributed by atoms with Crippen LogP contribution < -0.4 is 33.2 Å². The Bertz CT molecular complexity index is 1270. The summed E-state index contributed by atoms with van der Waals surface area (Å²) in [6.07, 6.45) is 1.33. The molecule has 15 heteroatoms. The molecule has 0 aliphatic heterocycles. The number of aromatic amines is 1. The number of carbonyl (C=O) groups is 5. The quantitative estimate of drug-likeness (QED) is 0.0653. The average Bonchev–Trinajstić information content (AvgIpc) is 3.30. The van der Waals surface area contributed by atoms with Crippen LogP contribution in [0.1, 0.15) is 38.7 Å². The summed E-state index contributed by atoms with van der Waals surface area (Å²) < 4.78 is 0. The number of nitrogens with one attached hydrogen (secondary N) is 4. The highest BCUT2D eigenvalue weighted by molar-refractivity contribution is 5.96. The molecule has 0 radical (unpaired) electrons. The van der Waals surface area contributed by atoms with Crippen molar-refractivity contribution < 1.29 is 34.2 Å². The average molecular weight is 575 g/mol. The first-order valence-electron chi connectivity index (χ1n) is 13.0. The summed E-state index contributed by atoms with van der Waals surface area (Å²) in [5, 5.41) is 27.0. The first-order chi connectivity index (χ1) is 19.3. The van der Waals surface area contributed by atoms with E-state index in [0.29, 0.717) is 12.0 Å². The molecule has 224 valence electrons. The second-order valence-electron chi connectivity index (χ2n) is 9.91. The number of hydrogen-bond donors (Lipinski definition) is 9. The number of para-hydroxylation sites is 1. The Morgan fingerprint density at radius 2 is 1.59 bits per heavy atom. The molecule has 0 fully saturated rings. The van der Waals surface area contributed by atoms with Gasteiger partial charge in [0.05, 0.1) is 12.5 Å². The minimum Gasteiger partial charge on any atom is -0.481 e. The minimum absolute atomic E-state index is 0.0515. The lowest BCUT2D eigenvalue weighted by atomic mass is 10.0. The zero-order valence-electron chi connectivity index (χ0n) is 22.9. The molecule has 4 atom stereocenters. The van der Waals surface area contributed by atoms with E-state index in [1.165, 1.54) is 0 Å². The number of carbonyl (C=O) groups excluding carboxylic acids is 3. The summed E-state index contributed by atoms with van der Waals surface area (Å²) in [6.45, 7) is 3.46. The van der Waals surface area contributed by atoms with Gasteiger partial charge in [-0.25, -0.2) is 4.79 Å². The number of H-pyrrole nitrogens is 1. The third-order valence-electron chi connectivity index (χ3n) is 6.28. The van der Waals surface area contributed by atoms with Crippen LogP contribution in [0.3, 0.4) is 0 Å². The fourth-order valence-corrected chi connectivity index (χ4v) is 4.08. The number of aliphatic imine (C=N–C) groups is 1. The van der Waals surface area contributed by atoms with Gasteiger partial charge in [-0.15, -0.1) is 0 Å².